The van der Waals surface area contributed by atoms with Gasteiger partial charge in [-0.25, -0.2) is 6.57 Å². The van der Waals surface area contributed by atoms with Gasteiger partial charge in [0.05, 0.1) is 17.3 Å². The zero-order chi connectivity index (χ0) is 29.9. The molecule has 6 rings (SSSR count). The summed E-state index contributed by atoms with van der Waals surface area (Å²) in [6.45, 7) is 14.0. The van der Waals surface area contributed by atoms with Crippen molar-refractivity contribution in [1.82, 2.24) is 19.8 Å². The first-order valence-electron chi connectivity index (χ1n) is 14.9. The molecule has 0 N–H and O–H groups in total. The minimum Gasteiger partial charge on any atom is -0.462 e. The highest BCUT2D eigenvalue weighted by molar-refractivity contribution is 6.36. The quantitative estimate of drug-likeness (QED) is 0.310. The van der Waals surface area contributed by atoms with Gasteiger partial charge in [0.15, 0.2) is 0 Å². The monoisotopic (exact) mass is 597 g/mol. The maximum Gasteiger partial charge on any atom is 0.318 e. The number of anilines is 2. The third-order valence-corrected chi connectivity index (χ3v) is 9.16. The number of amides is 1. The Morgan fingerprint density at radius 1 is 1.12 bits per heavy atom. The number of ether oxygens (including phenoxy) is 1. The van der Waals surface area contributed by atoms with Gasteiger partial charge in [0.1, 0.15) is 18.5 Å². The molecule has 0 radical (unpaired) electrons. The second-order valence-corrected chi connectivity index (χ2v) is 11.9. The molecule has 222 valence electrons. The molecule has 10 heteroatoms. The van der Waals surface area contributed by atoms with Crippen LogP contribution in [0.15, 0.2) is 36.4 Å². The summed E-state index contributed by atoms with van der Waals surface area (Å²) in [6, 6.07) is 12.7. The lowest BCUT2D eigenvalue weighted by Gasteiger charge is -2.40. The third kappa shape index (κ3) is 5.93. The maximum absolute atomic E-state index is 12.7. The van der Waals surface area contributed by atoms with Crippen molar-refractivity contribution >= 4 is 39.8 Å². The van der Waals surface area contributed by atoms with Gasteiger partial charge in [-0.1, -0.05) is 41.8 Å². The summed E-state index contributed by atoms with van der Waals surface area (Å²) in [4.78, 5) is 34.9. The van der Waals surface area contributed by atoms with E-state index >= 15 is 0 Å². The van der Waals surface area contributed by atoms with Gasteiger partial charge in [0.25, 0.3) is 5.91 Å². The van der Waals surface area contributed by atoms with Crippen molar-refractivity contribution < 1.29 is 9.53 Å². The number of rotatable bonds is 6. The van der Waals surface area contributed by atoms with Gasteiger partial charge >= 0.3 is 6.01 Å². The van der Waals surface area contributed by atoms with E-state index < -0.39 is 0 Å². The summed E-state index contributed by atoms with van der Waals surface area (Å²) in [5.74, 6) is 5.98. The number of carbonyl (C=O) groups is 1. The number of hydrogen-bond acceptors (Lipinski definition) is 7. The number of likely N-dealkylation sites (N-methyl/N-ethyl adjacent to an activating group) is 1. The molecule has 9 nitrogen and oxygen atoms in total. The molecule has 3 aromatic rings. The standard InChI is InChI=1S/C33H36ClN7O2/c1-4-8-30(42)41-18-17-40(20-25(41)19-35-2)32-26-14-16-39(29-13-6-10-23-9-5-12-27(34)31(23)29)21-28(26)36-33(37-32)43-22-24-11-7-15-38(24)3/h5-6,9-10,12-13,24-25H,7,11,14-22H2,1,3H3/t24-,25-/m0/s1. The van der Waals surface area contributed by atoms with E-state index in [1.807, 2.05) is 12.1 Å². The van der Waals surface area contributed by atoms with E-state index in [-0.39, 0.29) is 18.5 Å². The Kier molecular flexibility index (Phi) is 8.56. The summed E-state index contributed by atoms with van der Waals surface area (Å²) < 4.78 is 6.29. The van der Waals surface area contributed by atoms with Crippen molar-refractivity contribution in [3.8, 4) is 17.9 Å². The molecule has 2 aromatic carbocycles. The molecule has 2 atom stereocenters. The molecule has 0 unspecified atom stereocenters. The summed E-state index contributed by atoms with van der Waals surface area (Å²) in [7, 11) is 2.13. The predicted molar refractivity (Wildman–Crippen MR) is 170 cm³/mol. The van der Waals surface area contributed by atoms with Crippen LogP contribution in [0.1, 0.15) is 31.0 Å². The first kappa shape index (κ1) is 29.0. The fourth-order valence-corrected chi connectivity index (χ4v) is 6.85. The number of hydrogen-bond donors (Lipinski definition) is 0. The Balaban J connectivity index is 1.34. The molecule has 4 heterocycles. The molecular weight excluding hydrogens is 562 g/mol. The Bertz CT molecular complexity index is 1620. The van der Waals surface area contributed by atoms with E-state index in [1.54, 1.807) is 11.8 Å². The van der Waals surface area contributed by atoms with E-state index in [2.05, 4.69) is 62.7 Å². The Hall–Kier alpha value is -4.05. The fourth-order valence-electron chi connectivity index (χ4n) is 6.58. The number of aromatic nitrogens is 2. The summed E-state index contributed by atoms with van der Waals surface area (Å²) in [6.07, 6.45) is 3.02. The van der Waals surface area contributed by atoms with Gasteiger partial charge in [0, 0.05) is 48.9 Å². The molecule has 0 aliphatic carbocycles. The number of carbonyl (C=O) groups excluding carboxylic acids is 1. The SMILES string of the molecule is [C-]#[N+]C[C@H]1CN(c2nc(OC[C@@H]3CCCN3C)nc3c2CCN(c2cccc4cccc(Cl)c24)C3)CCN1C(=O)C#CC. The van der Waals surface area contributed by atoms with Crippen molar-refractivity contribution in [1.29, 1.82) is 0 Å². The molecule has 0 bridgehead atoms. The number of benzene rings is 2. The van der Waals surface area contributed by atoms with Crippen LogP contribution in [-0.2, 0) is 17.8 Å². The number of piperazine rings is 1. The van der Waals surface area contributed by atoms with Crippen LogP contribution in [0.2, 0.25) is 5.02 Å². The van der Waals surface area contributed by atoms with Crippen LogP contribution in [0, 0.1) is 18.4 Å². The van der Waals surface area contributed by atoms with Crippen LogP contribution in [-0.4, -0.2) is 90.7 Å². The van der Waals surface area contributed by atoms with Crippen molar-refractivity contribution in [2.45, 2.75) is 44.8 Å². The molecule has 1 amide bonds. The zero-order valence-corrected chi connectivity index (χ0v) is 25.5. The molecule has 43 heavy (non-hydrogen) atoms. The average molecular weight is 598 g/mol. The van der Waals surface area contributed by atoms with Gasteiger partial charge in [-0.3, -0.25) is 4.79 Å². The highest BCUT2D eigenvalue weighted by Gasteiger charge is 2.35. The number of fused-ring (bicyclic) bond motifs is 2. The topological polar surface area (TPSA) is 69.4 Å². The smallest absolute Gasteiger partial charge is 0.318 e. The van der Waals surface area contributed by atoms with Gasteiger partial charge < -0.3 is 29.2 Å². The van der Waals surface area contributed by atoms with Crippen molar-refractivity contribution in [2.75, 3.05) is 62.7 Å². The highest BCUT2D eigenvalue weighted by Crippen LogP contribution is 2.37. The van der Waals surface area contributed by atoms with Gasteiger partial charge in [-0.15, -0.1) is 0 Å². The average Bonchev–Trinajstić information content (AvgIpc) is 3.43. The minimum atomic E-state index is -0.264. The molecule has 2 fully saturated rings. The first-order valence-corrected chi connectivity index (χ1v) is 15.3. The van der Waals surface area contributed by atoms with Crippen LogP contribution in [0.25, 0.3) is 15.6 Å². The molecule has 2 saturated heterocycles. The van der Waals surface area contributed by atoms with E-state index in [9.17, 15) is 4.79 Å². The predicted octanol–water partition coefficient (Wildman–Crippen LogP) is 4.28. The fraction of sp³-hybridized carbons (Fsp3) is 0.455. The Labute approximate surface area is 258 Å². The molecular formula is C33H36ClN7O2. The van der Waals surface area contributed by atoms with Crippen LogP contribution in [0.5, 0.6) is 6.01 Å². The van der Waals surface area contributed by atoms with E-state index in [1.165, 1.54) is 0 Å². The lowest BCUT2D eigenvalue weighted by atomic mass is 10.0. The molecule has 3 aliphatic heterocycles. The highest BCUT2D eigenvalue weighted by atomic mass is 35.5. The third-order valence-electron chi connectivity index (χ3n) is 8.85. The second kappa shape index (κ2) is 12.7. The van der Waals surface area contributed by atoms with Crippen molar-refractivity contribution in [3.05, 3.63) is 64.1 Å². The Morgan fingerprint density at radius 3 is 2.72 bits per heavy atom. The maximum atomic E-state index is 12.7. The zero-order valence-electron chi connectivity index (χ0n) is 24.7. The minimum absolute atomic E-state index is 0.216. The molecule has 0 saturated carbocycles. The lowest BCUT2D eigenvalue weighted by molar-refractivity contribution is -0.127. The van der Waals surface area contributed by atoms with E-state index in [4.69, 9.17) is 32.9 Å². The largest absolute Gasteiger partial charge is 0.462 e. The van der Waals surface area contributed by atoms with E-state index in [0.717, 1.165) is 70.9 Å². The van der Waals surface area contributed by atoms with Gasteiger partial charge in [-0.2, -0.15) is 9.97 Å². The first-order chi connectivity index (χ1) is 21.0. The van der Waals surface area contributed by atoms with Gasteiger partial charge in [0.2, 0.25) is 6.54 Å². The number of likely N-dealkylation sites (tertiary alicyclic amines) is 1. The summed E-state index contributed by atoms with van der Waals surface area (Å²) in [5.41, 5.74) is 3.13. The molecule has 0 spiro atoms. The van der Waals surface area contributed by atoms with Crippen molar-refractivity contribution in [3.63, 3.8) is 0 Å². The number of nitrogens with zero attached hydrogens (tertiary/aromatic N) is 7. The molecule has 1 aromatic heterocycles. The van der Waals surface area contributed by atoms with E-state index in [0.29, 0.717) is 44.8 Å². The summed E-state index contributed by atoms with van der Waals surface area (Å²) >= 11 is 6.70. The number of halogens is 1. The van der Waals surface area contributed by atoms with Crippen LogP contribution < -0.4 is 14.5 Å². The van der Waals surface area contributed by atoms with Crippen molar-refractivity contribution in [2.24, 2.45) is 0 Å². The second-order valence-electron chi connectivity index (χ2n) is 11.4. The van der Waals surface area contributed by atoms with Crippen LogP contribution in [0.3, 0.4) is 0 Å². The Morgan fingerprint density at radius 2 is 1.95 bits per heavy atom. The van der Waals surface area contributed by atoms with Gasteiger partial charge in [-0.05, 0) is 63.2 Å². The summed E-state index contributed by atoms with van der Waals surface area (Å²) in [5, 5.41) is 2.89. The molecule has 3 aliphatic rings. The van der Waals surface area contributed by atoms with Crippen LogP contribution in [0.4, 0.5) is 11.5 Å². The van der Waals surface area contributed by atoms with Crippen LogP contribution >= 0.6 is 11.6 Å². The lowest BCUT2D eigenvalue weighted by Crippen LogP contribution is -2.56. The normalized spacial score (nSPS) is 20.4.